The van der Waals surface area contributed by atoms with Crippen LogP contribution in [0.5, 0.6) is 0 Å². The fourth-order valence-corrected chi connectivity index (χ4v) is 10.8. The van der Waals surface area contributed by atoms with Crippen molar-refractivity contribution in [3.63, 3.8) is 0 Å². The van der Waals surface area contributed by atoms with Crippen molar-refractivity contribution in [2.75, 3.05) is 158 Å². The number of hydrogen-bond acceptors (Lipinski definition) is 19. The Labute approximate surface area is 867 Å². The Morgan fingerprint density at radius 1 is 0.463 bits per heavy atom. The predicted octanol–water partition coefficient (Wildman–Crippen LogP) is 8.43. The Bertz CT molecular complexity index is 3410. The molecule has 9 aromatic rings. The number of nitrogens with two attached hydrogens (primary N) is 2. The normalized spacial score (nSPS) is 12.3. The number of anilines is 3. The Morgan fingerprint density at radius 3 is 0.878 bits per heavy atom. The maximum Gasteiger partial charge on any atom is 1.00 e. The van der Waals surface area contributed by atoms with E-state index in [0.717, 1.165) is 140 Å². The first kappa shape index (κ1) is 134. The van der Waals surface area contributed by atoms with Crippen molar-refractivity contribution in [2.24, 2.45) is 0 Å². The number of ketones is 3. The standard InChI is InChI=1S/C19H24N2.2C13H17NO.C8H9Br.2C7H8.2C6H7N.C5H9NO.C3H5ClO.4C2H6O.CH2O3.CH4O.CH4.B.2K.Na.2H/c1-3-7-17(8-4-1)11-14-21-15-12-19(13-16-21)20-18-9-5-2-6-10-18;2*15-13-7-10-14(11-8-13)9-6-12-4-2-1-3-5-12;9-7-6-8-4-2-1-3-5-8;2*1-7-5-3-2-4-6-7;2*7-6-4-2-1-3-5-6;7-5-1-3-6-4-2-5;1-2-3(4)5;4*1-3-2;2-1-4-3;1-2;;;;;;;/h1-10,19-20H,11-16H2;2*1-5H,6-11H2;1-5H,6-7H2;2*2-6H,1H3;2*1-5H,7H2;6H,1-4H2;2H2,1H3;4*1-2H3;1,3H;2H,1H3;1H4;;;;;;/q;;;;;;;;;;;;;;;;;;3*+1;2*-1/p-1. The van der Waals surface area contributed by atoms with Crippen LogP contribution >= 0.6 is 27.5 Å². The zero-order valence-electron chi connectivity index (χ0n) is 78.1. The van der Waals surface area contributed by atoms with E-state index in [1.54, 1.807) is 63.8 Å². The number of aliphatic hydroxyl groups excluding tert-OH is 1. The smallest absolute Gasteiger partial charge is 1.00 e. The molecule has 4 fully saturated rings. The number of nitrogens with zero attached hydrogens (tertiary/aromatic N) is 3. The van der Waals surface area contributed by atoms with Crippen LogP contribution in [0.25, 0.3) is 0 Å². The summed E-state index contributed by atoms with van der Waals surface area (Å²) in [4.78, 5) is 60.7. The van der Waals surface area contributed by atoms with Crippen molar-refractivity contribution in [1.82, 2.24) is 20.0 Å². The Kier molecular flexibility index (Phi) is 112. The number of piperidine rings is 4. The van der Waals surface area contributed by atoms with Crippen LogP contribution in [0.4, 0.5) is 17.1 Å². The number of likely N-dealkylation sites (tertiary alicyclic amines) is 3. The van der Waals surface area contributed by atoms with Gasteiger partial charge in [0, 0.05) is 218 Å². The van der Waals surface area contributed by atoms with Crippen LogP contribution in [0.2, 0.25) is 0 Å². The number of methoxy groups -OCH3 is 4. The molecule has 4 heterocycles. The van der Waals surface area contributed by atoms with E-state index in [4.69, 9.17) is 38.2 Å². The van der Waals surface area contributed by atoms with Crippen molar-refractivity contribution in [2.45, 2.75) is 118 Å². The fraction of sp³-hybridized carbons (Fsp3) is 0.398. The van der Waals surface area contributed by atoms with Crippen molar-refractivity contribution in [1.29, 1.82) is 0 Å². The van der Waals surface area contributed by atoms with Crippen molar-refractivity contribution in [3.05, 3.63) is 306 Å². The van der Waals surface area contributed by atoms with E-state index in [2.05, 4.69) is 237 Å². The molecule has 0 aliphatic carbocycles. The topological polar surface area (TPSA) is 261 Å². The SMILES string of the molecule is BrCCc1ccccc1.C.CCC(=O)Cl.CO.COC.COC.COC.COC.Cc1ccccc1.Cc1ccccc1.Nc1ccccc1.Nc1ccccc1.O=C1CCN(CCc2ccccc2)CC1.O=C1CCN(CCc2ccccc2)CC1.O=C1CCNCC1.O=CO[O-].[B].[H-].[H-].[K+].[K+].[Na+].c1ccc(CCN2CCC(Nc3ccccc3)CC2)cc1. The molecule has 0 atom stereocenters. The maximum atomic E-state index is 11.1. The molecule has 19 nitrogen and oxygen atoms in total. The second-order valence-electron chi connectivity index (χ2n) is 26.5. The van der Waals surface area contributed by atoms with E-state index < -0.39 is 0 Å². The molecular formula is C98H146BBrClK2N7NaO12. The number of nitrogen functional groups attached to an aromatic ring is 2. The number of para-hydroxylation sites is 3. The Morgan fingerprint density at radius 2 is 0.683 bits per heavy atom. The summed E-state index contributed by atoms with van der Waals surface area (Å²) < 4.78 is 17.0. The van der Waals surface area contributed by atoms with Gasteiger partial charge in [-0.25, -0.2) is 0 Å². The molecule has 0 spiro atoms. The third-order valence-corrected chi connectivity index (χ3v) is 17.1. The van der Waals surface area contributed by atoms with E-state index in [-0.39, 0.29) is 163 Å². The number of benzene rings is 9. The summed E-state index contributed by atoms with van der Waals surface area (Å²) >= 11 is 8.21. The fourth-order valence-electron chi connectivity index (χ4n) is 10.4. The molecule has 4 aliphatic rings. The van der Waals surface area contributed by atoms with Gasteiger partial charge in [0.05, 0.1) is 0 Å². The van der Waals surface area contributed by atoms with Crippen LogP contribution in [0.3, 0.4) is 0 Å². The molecule has 13 rings (SSSR count). The van der Waals surface area contributed by atoms with E-state index >= 15 is 0 Å². The third-order valence-electron chi connectivity index (χ3n) is 16.4. The number of halogens is 2. The molecule has 0 amide bonds. The molecule has 25 heteroatoms. The van der Waals surface area contributed by atoms with Gasteiger partial charge in [-0.2, -0.15) is 0 Å². The molecule has 0 unspecified atom stereocenters. The molecule has 9 aromatic carbocycles. The third kappa shape index (κ3) is 91.8. The van der Waals surface area contributed by atoms with Crippen LogP contribution in [-0.2, 0) is 73.5 Å². The predicted molar refractivity (Wildman–Crippen MR) is 509 cm³/mol. The first-order valence-electron chi connectivity index (χ1n) is 39.9. The number of alkyl halides is 1. The molecule has 3 radical (unpaired) electrons. The van der Waals surface area contributed by atoms with Gasteiger partial charge < -0.3 is 73.9 Å². The maximum absolute atomic E-state index is 11.1. The second kappa shape index (κ2) is 103. The number of nitrogens with one attached hydrogen (secondary N) is 2. The first-order chi connectivity index (χ1) is 57.3. The molecule has 4 saturated heterocycles. The average molecular weight is 1840 g/mol. The molecule has 4 aliphatic heterocycles. The summed E-state index contributed by atoms with van der Waals surface area (Å²) in [5, 5.41) is 23.0. The molecule has 0 saturated carbocycles. The summed E-state index contributed by atoms with van der Waals surface area (Å²) in [5.74, 6) is 1.25. The van der Waals surface area contributed by atoms with Crippen LogP contribution in [-0.4, -0.2) is 205 Å². The van der Waals surface area contributed by atoms with Crippen LogP contribution in [0.1, 0.15) is 108 Å². The zero-order chi connectivity index (χ0) is 88.0. The minimum atomic E-state index is -0.273. The van der Waals surface area contributed by atoms with Crippen LogP contribution in [0, 0.1) is 13.8 Å². The van der Waals surface area contributed by atoms with Gasteiger partial charge in [-0.15, -0.1) is 0 Å². The van der Waals surface area contributed by atoms with E-state index in [0.29, 0.717) is 29.8 Å². The van der Waals surface area contributed by atoms with Gasteiger partial charge >= 0.3 is 132 Å². The largest absolute Gasteiger partial charge is 1.00 e. The van der Waals surface area contributed by atoms with E-state index in [9.17, 15) is 19.2 Å². The summed E-state index contributed by atoms with van der Waals surface area (Å²) in [6.45, 7) is 17.0. The number of ether oxygens (including phenoxy) is 4. The summed E-state index contributed by atoms with van der Waals surface area (Å²) in [5.41, 5.74) is 21.9. The van der Waals surface area contributed by atoms with Gasteiger partial charge in [0.15, 0.2) is 0 Å². The first-order valence-corrected chi connectivity index (χ1v) is 41.4. The zero-order valence-corrected chi connectivity index (χ0v) is 86.7. The van der Waals surface area contributed by atoms with Gasteiger partial charge in [0.1, 0.15) is 17.3 Å². The molecular weight excluding hydrogens is 1690 g/mol. The summed E-state index contributed by atoms with van der Waals surface area (Å²) in [7, 11) is 14.0. The minimum Gasteiger partial charge on any atom is -1.00 e. The summed E-state index contributed by atoms with van der Waals surface area (Å²) in [6, 6.07) is 93.0. The quantitative estimate of drug-likeness (QED) is 0.0123. The Hall–Kier alpha value is -4.76. The van der Waals surface area contributed by atoms with Crippen molar-refractivity contribution >= 4 is 82.1 Å². The summed E-state index contributed by atoms with van der Waals surface area (Å²) in [6.07, 6.45) is 11.8. The monoisotopic (exact) mass is 1840 g/mol. The van der Waals surface area contributed by atoms with Gasteiger partial charge in [0.2, 0.25) is 5.24 Å². The number of rotatable bonds is 15. The molecule has 0 aromatic heterocycles. The number of Topliss-reactive ketones (excluding diaryl/α,β-unsaturated/α-hetero) is 3. The number of hydrogen-bond donors (Lipinski definition) is 5. The number of aliphatic hydroxyl groups is 1. The molecule has 0 bridgehead atoms. The average Bonchev–Trinajstić information content (AvgIpc) is 0.888. The van der Waals surface area contributed by atoms with E-state index in [1.807, 2.05) is 115 Å². The van der Waals surface area contributed by atoms with Crippen molar-refractivity contribution in [3.8, 4) is 0 Å². The number of carbonyl (C=O) groups is 5. The number of aryl methyl sites for hydroxylation is 3. The van der Waals surface area contributed by atoms with Gasteiger partial charge in [-0.05, 0) is 123 Å². The van der Waals surface area contributed by atoms with Crippen LogP contribution in [0.15, 0.2) is 273 Å². The molecule has 665 valence electrons. The van der Waals surface area contributed by atoms with Gasteiger partial charge in [-0.3, -0.25) is 24.0 Å². The van der Waals surface area contributed by atoms with Crippen LogP contribution < -0.4 is 160 Å². The second-order valence-corrected chi connectivity index (χ2v) is 27.7. The van der Waals surface area contributed by atoms with Gasteiger partial charge in [0.25, 0.3) is 6.47 Å². The Balaban J connectivity index is -0.000000146. The van der Waals surface area contributed by atoms with Crippen molar-refractivity contribution < 1.29 is 193 Å². The van der Waals surface area contributed by atoms with E-state index in [1.165, 1.54) is 71.5 Å². The molecule has 123 heavy (non-hydrogen) atoms. The minimum absolute atomic E-state index is 0. The van der Waals surface area contributed by atoms with Gasteiger partial charge in [-0.1, -0.05) is 278 Å². The molecule has 7 N–H and O–H groups in total. The number of carbonyl (C=O) groups excluding carboxylic acids is 5.